The summed E-state index contributed by atoms with van der Waals surface area (Å²) in [6, 6.07) is 6.39. The van der Waals surface area contributed by atoms with E-state index in [4.69, 9.17) is 4.74 Å². The molecule has 0 radical (unpaired) electrons. The van der Waals surface area contributed by atoms with E-state index >= 15 is 0 Å². The summed E-state index contributed by atoms with van der Waals surface area (Å²) in [5.41, 5.74) is 1.07. The quantitative estimate of drug-likeness (QED) is 0.754. The maximum Gasteiger partial charge on any atom is 0.338 e. The number of hydrogen-bond donors (Lipinski definition) is 0. The lowest BCUT2D eigenvalue weighted by atomic mass is 10.1. The fourth-order valence-electron chi connectivity index (χ4n) is 1.31. The Morgan fingerprint density at radius 3 is 2.21 bits per heavy atom. The average molecular weight is 264 g/mol. The molecular weight excluding hydrogens is 248 g/mol. The monoisotopic (exact) mass is 264 g/mol. The molecule has 1 atom stereocenters. The molecule has 1 aromatic rings. The topological polar surface area (TPSA) is 69.7 Å². The minimum atomic E-state index is -0.762. The highest BCUT2D eigenvalue weighted by Crippen LogP contribution is 2.08. The van der Waals surface area contributed by atoms with E-state index in [1.165, 1.54) is 21.0 Å². The zero-order chi connectivity index (χ0) is 14.4. The third-order valence-corrected chi connectivity index (χ3v) is 2.62. The molecule has 0 aliphatic rings. The Morgan fingerprint density at radius 1 is 1.16 bits per heavy atom. The molecule has 0 spiro atoms. The Kier molecular flexibility index (Phi) is 5.23. The van der Waals surface area contributed by atoms with Gasteiger partial charge in [0.2, 0.25) is 0 Å². The van der Waals surface area contributed by atoms with Gasteiger partial charge in [-0.3, -0.25) is 9.59 Å². The van der Waals surface area contributed by atoms with Crippen LogP contribution in [0.25, 0.3) is 0 Å². The molecule has 1 rings (SSSR count). The number of carbonyl (C=O) groups excluding carboxylic acids is 3. The summed E-state index contributed by atoms with van der Waals surface area (Å²) in [6.07, 6.45) is -0.613. The molecular formula is C14H16O5. The van der Waals surface area contributed by atoms with E-state index < -0.39 is 12.1 Å². The van der Waals surface area contributed by atoms with Gasteiger partial charge in [-0.15, -0.1) is 0 Å². The maximum absolute atomic E-state index is 11.7. The molecule has 1 aromatic carbocycles. The van der Waals surface area contributed by atoms with Gasteiger partial charge in [-0.2, -0.15) is 0 Å². The highest BCUT2D eigenvalue weighted by atomic mass is 16.5. The van der Waals surface area contributed by atoms with Crippen LogP contribution in [0.2, 0.25) is 0 Å². The molecule has 0 heterocycles. The van der Waals surface area contributed by atoms with E-state index in [1.807, 2.05) is 0 Å². The van der Waals surface area contributed by atoms with E-state index in [-0.39, 0.29) is 18.2 Å². The van der Waals surface area contributed by atoms with Gasteiger partial charge in [0.1, 0.15) is 0 Å². The lowest BCUT2D eigenvalue weighted by Gasteiger charge is -2.10. The molecule has 0 aliphatic heterocycles. The molecule has 0 N–H and O–H groups in total. The van der Waals surface area contributed by atoms with E-state index in [0.717, 1.165) is 5.56 Å². The first-order valence-corrected chi connectivity index (χ1v) is 5.81. The Labute approximate surface area is 111 Å². The number of esters is 2. The SMILES string of the molecule is COC(=O)Cc1ccc(C(=O)OC(C)C(C)=O)cc1. The number of ketones is 1. The van der Waals surface area contributed by atoms with E-state index in [2.05, 4.69) is 4.74 Å². The second-order valence-corrected chi connectivity index (χ2v) is 4.11. The molecule has 5 nitrogen and oxygen atoms in total. The van der Waals surface area contributed by atoms with Gasteiger partial charge in [-0.1, -0.05) is 12.1 Å². The van der Waals surface area contributed by atoms with E-state index in [0.29, 0.717) is 5.56 Å². The Balaban J connectivity index is 2.68. The van der Waals surface area contributed by atoms with Crippen molar-refractivity contribution in [3.63, 3.8) is 0 Å². The van der Waals surface area contributed by atoms with Crippen molar-refractivity contribution < 1.29 is 23.9 Å². The second kappa shape index (κ2) is 6.68. The highest BCUT2D eigenvalue weighted by Gasteiger charge is 2.15. The molecule has 102 valence electrons. The van der Waals surface area contributed by atoms with Crippen molar-refractivity contribution in [2.24, 2.45) is 0 Å². The van der Waals surface area contributed by atoms with Gasteiger partial charge < -0.3 is 9.47 Å². The minimum Gasteiger partial charge on any atom is -0.469 e. The highest BCUT2D eigenvalue weighted by molar-refractivity contribution is 5.92. The number of benzene rings is 1. The van der Waals surface area contributed by atoms with Gasteiger partial charge in [0.15, 0.2) is 11.9 Å². The minimum absolute atomic E-state index is 0.148. The first-order chi connectivity index (χ1) is 8.93. The predicted octanol–water partition coefficient (Wildman–Crippen LogP) is 1.54. The number of ether oxygens (including phenoxy) is 2. The molecule has 0 fully saturated rings. The van der Waals surface area contributed by atoms with Crippen molar-refractivity contribution in [3.8, 4) is 0 Å². The maximum atomic E-state index is 11.7. The van der Waals surface area contributed by atoms with Gasteiger partial charge >= 0.3 is 11.9 Å². The van der Waals surface area contributed by atoms with E-state index in [1.54, 1.807) is 24.3 Å². The van der Waals surface area contributed by atoms with Crippen LogP contribution < -0.4 is 0 Å². The normalized spacial score (nSPS) is 11.5. The van der Waals surface area contributed by atoms with Crippen LogP contribution in [0.5, 0.6) is 0 Å². The van der Waals surface area contributed by atoms with Crippen LogP contribution >= 0.6 is 0 Å². The lowest BCUT2D eigenvalue weighted by Crippen LogP contribution is -2.21. The summed E-state index contributed by atoms with van der Waals surface area (Å²) < 4.78 is 9.50. The van der Waals surface area contributed by atoms with Crippen LogP contribution in [0, 0.1) is 0 Å². The van der Waals surface area contributed by atoms with E-state index in [9.17, 15) is 14.4 Å². The predicted molar refractivity (Wildman–Crippen MR) is 67.7 cm³/mol. The van der Waals surface area contributed by atoms with Gasteiger partial charge in [0.05, 0.1) is 19.1 Å². The third kappa shape index (κ3) is 4.54. The van der Waals surface area contributed by atoms with Crippen molar-refractivity contribution >= 4 is 17.7 Å². The summed E-state index contributed by atoms with van der Waals surface area (Å²) >= 11 is 0. The van der Waals surface area contributed by atoms with Crippen LogP contribution in [0.3, 0.4) is 0 Å². The summed E-state index contributed by atoms with van der Waals surface area (Å²) in [7, 11) is 1.32. The van der Waals surface area contributed by atoms with Crippen molar-refractivity contribution in [1.82, 2.24) is 0 Å². The third-order valence-electron chi connectivity index (χ3n) is 2.62. The molecule has 19 heavy (non-hydrogen) atoms. The van der Waals surface area contributed by atoms with Crippen LogP contribution in [0.4, 0.5) is 0 Å². The zero-order valence-corrected chi connectivity index (χ0v) is 11.1. The van der Waals surface area contributed by atoms with Crippen molar-refractivity contribution in [1.29, 1.82) is 0 Å². The first kappa shape index (κ1) is 14.9. The fourth-order valence-corrected chi connectivity index (χ4v) is 1.31. The van der Waals surface area contributed by atoms with Crippen LogP contribution in [0.1, 0.15) is 29.8 Å². The molecule has 0 aliphatic carbocycles. The molecule has 5 heteroatoms. The number of methoxy groups -OCH3 is 1. The van der Waals surface area contributed by atoms with Crippen molar-refractivity contribution in [3.05, 3.63) is 35.4 Å². The summed E-state index contributed by atoms with van der Waals surface area (Å²) in [6.45, 7) is 2.88. The standard InChI is InChI=1S/C14H16O5/c1-9(15)10(2)19-14(17)12-6-4-11(5-7-12)8-13(16)18-3/h4-7,10H,8H2,1-3H3. The number of hydrogen-bond acceptors (Lipinski definition) is 5. The Bertz CT molecular complexity index is 475. The molecule has 0 bridgehead atoms. The molecule has 0 saturated heterocycles. The number of carbonyl (C=O) groups is 3. The molecule has 1 unspecified atom stereocenters. The summed E-state index contributed by atoms with van der Waals surface area (Å²) in [4.78, 5) is 33.7. The molecule has 0 aromatic heterocycles. The fraction of sp³-hybridized carbons (Fsp3) is 0.357. The van der Waals surface area contributed by atoms with Gasteiger partial charge in [0, 0.05) is 0 Å². The average Bonchev–Trinajstić information content (AvgIpc) is 2.39. The van der Waals surface area contributed by atoms with Gasteiger partial charge in [-0.05, 0) is 31.5 Å². The number of rotatable bonds is 5. The second-order valence-electron chi connectivity index (χ2n) is 4.11. The zero-order valence-electron chi connectivity index (χ0n) is 11.1. The van der Waals surface area contributed by atoms with Gasteiger partial charge in [-0.25, -0.2) is 4.79 Å². The number of Topliss-reactive ketones (excluding diaryl/α,β-unsaturated/α-hetero) is 1. The summed E-state index contributed by atoms with van der Waals surface area (Å²) in [5, 5.41) is 0. The molecule has 0 amide bonds. The Morgan fingerprint density at radius 2 is 1.74 bits per heavy atom. The van der Waals surface area contributed by atoms with Crippen LogP contribution in [0.15, 0.2) is 24.3 Å². The van der Waals surface area contributed by atoms with Gasteiger partial charge in [0.25, 0.3) is 0 Å². The summed E-state index contributed by atoms with van der Waals surface area (Å²) in [5.74, 6) is -1.12. The smallest absolute Gasteiger partial charge is 0.338 e. The Hall–Kier alpha value is -2.17. The first-order valence-electron chi connectivity index (χ1n) is 5.81. The van der Waals surface area contributed by atoms with Crippen molar-refractivity contribution in [2.75, 3.05) is 7.11 Å². The van der Waals surface area contributed by atoms with Crippen LogP contribution in [-0.2, 0) is 25.5 Å². The lowest BCUT2D eigenvalue weighted by molar-refractivity contribution is -0.139. The molecule has 0 saturated carbocycles. The largest absolute Gasteiger partial charge is 0.469 e. The van der Waals surface area contributed by atoms with Crippen LogP contribution in [-0.4, -0.2) is 30.9 Å². The van der Waals surface area contributed by atoms with Crippen molar-refractivity contribution in [2.45, 2.75) is 26.4 Å².